The molecule has 2 amide bonds. The number of alkyl halides is 3. The van der Waals surface area contributed by atoms with Crippen LogP contribution in [0.3, 0.4) is 0 Å². The Morgan fingerprint density at radius 3 is 2.26 bits per heavy atom. The number of halogens is 3. The molecule has 0 fully saturated rings. The van der Waals surface area contributed by atoms with E-state index in [0.29, 0.717) is 10.5 Å². The fraction of sp³-hybridized carbons (Fsp3) is 0.417. The number of rotatable bonds is 6. The molecule has 0 saturated heterocycles. The van der Waals surface area contributed by atoms with Crippen molar-refractivity contribution in [3.05, 3.63) is 53.6 Å². The van der Waals surface area contributed by atoms with Crippen LogP contribution < -0.4 is 14.4 Å². The molecule has 2 aromatic carbocycles. The summed E-state index contributed by atoms with van der Waals surface area (Å²) in [5, 5.41) is 0. The van der Waals surface area contributed by atoms with Crippen LogP contribution in [0.1, 0.15) is 37.4 Å². The van der Waals surface area contributed by atoms with E-state index in [-0.39, 0.29) is 36.8 Å². The van der Waals surface area contributed by atoms with E-state index in [1.165, 1.54) is 38.2 Å². The summed E-state index contributed by atoms with van der Waals surface area (Å²) in [6.07, 6.45) is -5.62. The standard InChI is InChI=1S/C24H27F3N2O5/c1-5-34-23(31)28(14-16-9-7-6-8-10-16)18-11-15(2)29(22(30)24(25,26)27)19-13-21(33-4)20(32-3)12-17(18)19/h6-10,12-13,15,18H,5,11,14H2,1-4H3. The van der Waals surface area contributed by atoms with Crippen LogP contribution in [0.4, 0.5) is 23.7 Å². The van der Waals surface area contributed by atoms with Crippen LogP contribution in [0, 0.1) is 0 Å². The molecule has 0 saturated carbocycles. The van der Waals surface area contributed by atoms with Crippen molar-refractivity contribution < 1.29 is 37.0 Å². The summed E-state index contributed by atoms with van der Waals surface area (Å²) in [6.45, 7) is 3.48. The van der Waals surface area contributed by atoms with Crippen LogP contribution in [0.25, 0.3) is 0 Å². The van der Waals surface area contributed by atoms with Crippen molar-refractivity contribution in [3.63, 3.8) is 0 Å². The number of ether oxygens (including phenoxy) is 3. The number of amides is 2. The lowest BCUT2D eigenvalue weighted by Gasteiger charge is -2.43. The first-order valence-corrected chi connectivity index (χ1v) is 10.8. The molecule has 0 spiro atoms. The molecule has 2 unspecified atom stereocenters. The van der Waals surface area contributed by atoms with Crippen LogP contribution in [0.15, 0.2) is 42.5 Å². The number of hydrogen-bond acceptors (Lipinski definition) is 5. The first-order valence-electron chi connectivity index (χ1n) is 10.8. The molecule has 184 valence electrons. The van der Waals surface area contributed by atoms with Gasteiger partial charge in [-0.3, -0.25) is 9.69 Å². The number of carbonyl (C=O) groups is 2. The van der Waals surface area contributed by atoms with E-state index >= 15 is 0 Å². The number of methoxy groups -OCH3 is 2. The highest BCUT2D eigenvalue weighted by atomic mass is 19.4. The van der Waals surface area contributed by atoms with Crippen LogP contribution >= 0.6 is 0 Å². The normalized spacial score (nSPS) is 17.6. The predicted octanol–water partition coefficient (Wildman–Crippen LogP) is 5.09. The Hall–Kier alpha value is -3.43. The minimum atomic E-state index is -5.07. The molecule has 2 atom stereocenters. The molecule has 1 heterocycles. The minimum absolute atomic E-state index is 0.00563. The maximum absolute atomic E-state index is 13.5. The fourth-order valence-corrected chi connectivity index (χ4v) is 4.18. The van der Waals surface area contributed by atoms with Crippen molar-refractivity contribution >= 4 is 17.7 Å². The highest BCUT2D eigenvalue weighted by Crippen LogP contribution is 2.47. The summed E-state index contributed by atoms with van der Waals surface area (Å²) in [4.78, 5) is 27.6. The van der Waals surface area contributed by atoms with Gasteiger partial charge in [0.05, 0.1) is 32.6 Å². The van der Waals surface area contributed by atoms with Crippen molar-refractivity contribution in [2.24, 2.45) is 0 Å². The van der Waals surface area contributed by atoms with Gasteiger partial charge in [-0.15, -0.1) is 0 Å². The average molecular weight is 480 g/mol. The monoisotopic (exact) mass is 480 g/mol. The lowest BCUT2D eigenvalue weighted by molar-refractivity contribution is -0.171. The lowest BCUT2D eigenvalue weighted by Crippen LogP contribution is -2.51. The van der Waals surface area contributed by atoms with Gasteiger partial charge in [0.2, 0.25) is 0 Å². The fourth-order valence-electron chi connectivity index (χ4n) is 4.18. The molecule has 0 radical (unpaired) electrons. The molecule has 0 aliphatic carbocycles. The van der Waals surface area contributed by atoms with Crippen molar-refractivity contribution in [1.82, 2.24) is 4.90 Å². The Kier molecular flexibility index (Phi) is 7.58. The quantitative estimate of drug-likeness (QED) is 0.576. The van der Waals surface area contributed by atoms with Gasteiger partial charge in [-0.25, -0.2) is 4.79 Å². The molecule has 1 aliphatic rings. The highest BCUT2D eigenvalue weighted by molar-refractivity contribution is 5.99. The highest BCUT2D eigenvalue weighted by Gasteiger charge is 2.48. The summed E-state index contributed by atoms with van der Waals surface area (Å²) in [7, 11) is 2.75. The van der Waals surface area contributed by atoms with E-state index in [1.807, 2.05) is 30.3 Å². The second-order valence-corrected chi connectivity index (χ2v) is 7.85. The van der Waals surface area contributed by atoms with E-state index < -0.39 is 30.3 Å². The summed E-state index contributed by atoms with van der Waals surface area (Å²) < 4.78 is 56.3. The zero-order valence-electron chi connectivity index (χ0n) is 19.4. The first-order chi connectivity index (χ1) is 16.1. The molecule has 0 aromatic heterocycles. The van der Waals surface area contributed by atoms with Crippen molar-refractivity contribution in [1.29, 1.82) is 0 Å². The van der Waals surface area contributed by atoms with Gasteiger partial charge in [-0.1, -0.05) is 30.3 Å². The van der Waals surface area contributed by atoms with Gasteiger partial charge in [0, 0.05) is 24.2 Å². The zero-order chi connectivity index (χ0) is 25.0. The number of benzene rings is 2. The van der Waals surface area contributed by atoms with Gasteiger partial charge in [-0.2, -0.15) is 13.2 Å². The molecule has 1 aliphatic heterocycles. The number of hydrogen-bond donors (Lipinski definition) is 0. The maximum Gasteiger partial charge on any atom is 0.471 e. The molecular weight excluding hydrogens is 453 g/mol. The van der Waals surface area contributed by atoms with Gasteiger partial charge in [0.25, 0.3) is 0 Å². The van der Waals surface area contributed by atoms with Crippen molar-refractivity contribution in [2.45, 2.75) is 45.1 Å². The van der Waals surface area contributed by atoms with Gasteiger partial charge >= 0.3 is 18.2 Å². The van der Waals surface area contributed by atoms with Crippen LogP contribution in [-0.4, -0.2) is 49.9 Å². The summed E-state index contributed by atoms with van der Waals surface area (Å²) in [5.41, 5.74) is 1.16. The molecule has 7 nitrogen and oxygen atoms in total. The maximum atomic E-state index is 13.5. The smallest absolute Gasteiger partial charge is 0.471 e. The number of nitrogens with zero attached hydrogens (tertiary/aromatic N) is 2. The van der Waals surface area contributed by atoms with Crippen molar-refractivity contribution in [3.8, 4) is 11.5 Å². The Morgan fingerprint density at radius 1 is 1.09 bits per heavy atom. The number of fused-ring (bicyclic) bond motifs is 1. The van der Waals surface area contributed by atoms with Gasteiger partial charge in [-0.05, 0) is 31.9 Å². The molecule has 0 bridgehead atoms. The first kappa shape index (κ1) is 25.2. The molecule has 34 heavy (non-hydrogen) atoms. The molecule has 10 heteroatoms. The largest absolute Gasteiger partial charge is 0.493 e. The number of carbonyl (C=O) groups excluding carboxylic acids is 2. The van der Waals surface area contributed by atoms with E-state index in [9.17, 15) is 22.8 Å². The Morgan fingerprint density at radius 2 is 1.71 bits per heavy atom. The second-order valence-electron chi connectivity index (χ2n) is 7.85. The zero-order valence-corrected chi connectivity index (χ0v) is 19.4. The Balaban J connectivity index is 2.18. The predicted molar refractivity (Wildman–Crippen MR) is 119 cm³/mol. The van der Waals surface area contributed by atoms with Crippen LogP contribution in [0.5, 0.6) is 11.5 Å². The Labute approximate surface area is 196 Å². The van der Waals surface area contributed by atoms with Crippen molar-refractivity contribution in [2.75, 3.05) is 25.7 Å². The third-order valence-electron chi connectivity index (χ3n) is 5.69. The Bertz CT molecular complexity index is 1030. The summed E-state index contributed by atoms with van der Waals surface area (Å²) in [5.74, 6) is -1.55. The topological polar surface area (TPSA) is 68.3 Å². The van der Waals surface area contributed by atoms with Gasteiger partial charge in [0.15, 0.2) is 11.5 Å². The molecule has 0 N–H and O–H groups in total. The van der Waals surface area contributed by atoms with Gasteiger partial charge in [0.1, 0.15) is 0 Å². The lowest BCUT2D eigenvalue weighted by atomic mass is 9.89. The SMILES string of the molecule is CCOC(=O)N(Cc1ccccc1)C1CC(C)N(C(=O)C(F)(F)F)c2cc(OC)c(OC)cc21. The summed E-state index contributed by atoms with van der Waals surface area (Å²) in [6, 6.07) is 10.5. The minimum Gasteiger partial charge on any atom is -0.493 e. The van der Waals surface area contributed by atoms with E-state index in [2.05, 4.69) is 0 Å². The van der Waals surface area contributed by atoms with E-state index in [0.717, 1.165) is 5.56 Å². The van der Waals surface area contributed by atoms with Crippen LogP contribution in [0.2, 0.25) is 0 Å². The average Bonchev–Trinajstić information content (AvgIpc) is 2.81. The number of anilines is 1. The third-order valence-corrected chi connectivity index (χ3v) is 5.69. The molecule has 3 rings (SSSR count). The van der Waals surface area contributed by atoms with E-state index in [1.54, 1.807) is 6.92 Å². The van der Waals surface area contributed by atoms with Crippen LogP contribution in [-0.2, 0) is 16.1 Å². The molecular formula is C24H27F3N2O5. The van der Waals surface area contributed by atoms with Gasteiger partial charge < -0.3 is 19.1 Å². The van der Waals surface area contributed by atoms with E-state index in [4.69, 9.17) is 14.2 Å². The summed E-state index contributed by atoms with van der Waals surface area (Å²) >= 11 is 0. The molecule has 2 aromatic rings. The second kappa shape index (κ2) is 10.2. The third kappa shape index (κ3) is 5.05.